The molecule has 100 valence electrons. The van der Waals surface area contributed by atoms with Crippen LogP contribution in [-0.4, -0.2) is 7.85 Å². The highest BCUT2D eigenvalue weighted by Gasteiger charge is 2.23. The SMILES string of the molecule is B/C(CC)=C(C)/C(C)=C(\C)C(C)(C=C)C/C=C\C. The zero-order chi connectivity index (χ0) is 14.3. The van der Waals surface area contributed by atoms with E-state index in [1.54, 1.807) is 0 Å². The summed E-state index contributed by atoms with van der Waals surface area (Å²) in [5.41, 5.74) is 5.82. The molecule has 0 aromatic rings. The summed E-state index contributed by atoms with van der Waals surface area (Å²) in [6, 6.07) is 0. The van der Waals surface area contributed by atoms with Crippen LogP contribution >= 0.6 is 0 Å². The van der Waals surface area contributed by atoms with E-state index < -0.39 is 0 Å². The van der Waals surface area contributed by atoms with Crippen LogP contribution in [0.4, 0.5) is 0 Å². The maximum absolute atomic E-state index is 4.03. The van der Waals surface area contributed by atoms with Crippen LogP contribution in [0.5, 0.6) is 0 Å². The minimum atomic E-state index is 0.0614. The third-order valence-corrected chi connectivity index (χ3v) is 4.38. The highest BCUT2D eigenvalue weighted by molar-refractivity contribution is 6.22. The van der Waals surface area contributed by atoms with Crippen molar-refractivity contribution in [2.45, 2.75) is 54.4 Å². The molecular weight excluding hydrogens is 215 g/mol. The fraction of sp³-hybridized carbons (Fsp3) is 0.529. The predicted molar refractivity (Wildman–Crippen MR) is 87.6 cm³/mol. The quantitative estimate of drug-likeness (QED) is 0.357. The third-order valence-electron chi connectivity index (χ3n) is 4.38. The Bertz CT molecular complexity index is 382. The van der Waals surface area contributed by atoms with E-state index in [2.05, 4.69) is 74.2 Å². The molecule has 18 heavy (non-hydrogen) atoms. The Morgan fingerprint density at radius 3 is 2.17 bits per heavy atom. The van der Waals surface area contributed by atoms with Crippen LogP contribution < -0.4 is 0 Å². The van der Waals surface area contributed by atoms with Gasteiger partial charge in [0.1, 0.15) is 7.85 Å². The molecule has 0 saturated heterocycles. The number of rotatable bonds is 6. The summed E-state index contributed by atoms with van der Waals surface area (Å²) in [5.74, 6) is 0. The second-order valence-electron chi connectivity index (χ2n) is 5.40. The molecule has 0 aliphatic rings. The lowest BCUT2D eigenvalue weighted by molar-refractivity contribution is 0.518. The monoisotopic (exact) mass is 244 g/mol. The summed E-state index contributed by atoms with van der Waals surface area (Å²) >= 11 is 0. The van der Waals surface area contributed by atoms with Crippen molar-refractivity contribution in [3.8, 4) is 0 Å². The molecule has 0 rings (SSSR count). The third kappa shape index (κ3) is 4.05. The van der Waals surface area contributed by atoms with Crippen molar-refractivity contribution >= 4 is 7.85 Å². The molecule has 0 spiro atoms. The van der Waals surface area contributed by atoms with Crippen LogP contribution in [0.1, 0.15) is 54.4 Å². The Kier molecular flexibility index (Phi) is 7.05. The first-order chi connectivity index (χ1) is 8.33. The molecule has 1 heteroatoms. The Balaban J connectivity index is 5.56. The lowest BCUT2D eigenvalue weighted by Gasteiger charge is -2.28. The van der Waals surface area contributed by atoms with Gasteiger partial charge in [-0.3, -0.25) is 0 Å². The maximum atomic E-state index is 4.03. The average molecular weight is 244 g/mol. The molecule has 0 N–H and O–H groups in total. The molecule has 0 bridgehead atoms. The van der Waals surface area contributed by atoms with Gasteiger partial charge in [0.25, 0.3) is 0 Å². The lowest BCUT2D eigenvalue weighted by Crippen LogP contribution is -2.15. The van der Waals surface area contributed by atoms with E-state index in [1.807, 2.05) is 0 Å². The molecule has 0 aliphatic carbocycles. The van der Waals surface area contributed by atoms with Crippen molar-refractivity contribution in [2.24, 2.45) is 5.41 Å². The van der Waals surface area contributed by atoms with Crippen molar-refractivity contribution in [3.63, 3.8) is 0 Å². The fourth-order valence-corrected chi connectivity index (χ4v) is 2.05. The molecule has 0 saturated carbocycles. The van der Waals surface area contributed by atoms with Crippen LogP contribution in [0.3, 0.4) is 0 Å². The van der Waals surface area contributed by atoms with Gasteiger partial charge >= 0.3 is 0 Å². The van der Waals surface area contributed by atoms with Crippen LogP contribution in [-0.2, 0) is 0 Å². The zero-order valence-corrected chi connectivity index (χ0v) is 13.4. The smallest absolute Gasteiger partial charge is 0.107 e. The molecule has 0 aromatic carbocycles. The minimum Gasteiger partial charge on any atom is -0.107 e. The Labute approximate surface area is 115 Å². The lowest BCUT2D eigenvalue weighted by atomic mass is 9.75. The first-order valence-corrected chi connectivity index (χ1v) is 6.93. The standard InChI is InChI=1S/C17H29B/c1-8-11-12-17(7,10-3)15(6)13(4)14(5)16(18)9-2/h8,10-11H,3,9,12,18H2,1-2,4-7H3/b11-8-,15-13+,16-14+. The van der Waals surface area contributed by atoms with Gasteiger partial charge < -0.3 is 0 Å². The second-order valence-corrected chi connectivity index (χ2v) is 5.40. The van der Waals surface area contributed by atoms with Gasteiger partial charge in [-0.1, -0.05) is 43.2 Å². The van der Waals surface area contributed by atoms with Crippen LogP contribution in [0.25, 0.3) is 0 Å². The Morgan fingerprint density at radius 1 is 1.22 bits per heavy atom. The normalized spacial score (nSPS) is 18.1. The molecule has 0 heterocycles. The van der Waals surface area contributed by atoms with Crippen molar-refractivity contribution in [2.75, 3.05) is 0 Å². The van der Waals surface area contributed by atoms with Crippen molar-refractivity contribution in [3.05, 3.63) is 47.0 Å². The van der Waals surface area contributed by atoms with E-state index in [0.29, 0.717) is 0 Å². The maximum Gasteiger partial charge on any atom is 0.134 e. The van der Waals surface area contributed by atoms with E-state index in [1.165, 1.54) is 22.2 Å². The van der Waals surface area contributed by atoms with Gasteiger partial charge in [0.05, 0.1) is 0 Å². The van der Waals surface area contributed by atoms with Crippen molar-refractivity contribution in [1.82, 2.24) is 0 Å². The van der Waals surface area contributed by atoms with E-state index in [-0.39, 0.29) is 5.41 Å². The number of hydrogen-bond donors (Lipinski definition) is 0. The summed E-state index contributed by atoms with van der Waals surface area (Å²) in [5, 5.41) is 0. The van der Waals surface area contributed by atoms with Gasteiger partial charge in [-0.25, -0.2) is 0 Å². The van der Waals surface area contributed by atoms with Gasteiger partial charge in [-0.2, -0.15) is 0 Å². The molecule has 0 amide bonds. The topological polar surface area (TPSA) is 0 Å². The average Bonchev–Trinajstić information content (AvgIpc) is 2.41. The van der Waals surface area contributed by atoms with E-state index in [9.17, 15) is 0 Å². The van der Waals surface area contributed by atoms with E-state index in [0.717, 1.165) is 12.8 Å². The summed E-state index contributed by atoms with van der Waals surface area (Å²) in [7, 11) is 2.23. The van der Waals surface area contributed by atoms with Gasteiger partial charge in [-0.15, -0.1) is 12.1 Å². The Hall–Kier alpha value is -0.975. The molecule has 0 aromatic heterocycles. The number of allylic oxidation sites excluding steroid dienone is 7. The first-order valence-electron chi connectivity index (χ1n) is 6.93. The highest BCUT2D eigenvalue weighted by atomic mass is 14.3. The molecule has 0 aliphatic heterocycles. The van der Waals surface area contributed by atoms with Crippen molar-refractivity contribution in [1.29, 1.82) is 0 Å². The van der Waals surface area contributed by atoms with Crippen LogP contribution in [0, 0.1) is 5.41 Å². The first kappa shape index (κ1) is 17.0. The molecule has 0 fully saturated rings. The zero-order valence-electron chi connectivity index (χ0n) is 13.4. The van der Waals surface area contributed by atoms with Gasteiger partial charge in [0.2, 0.25) is 0 Å². The largest absolute Gasteiger partial charge is 0.134 e. The second kappa shape index (κ2) is 7.46. The van der Waals surface area contributed by atoms with E-state index in [4.69, 9.17) is 0 Å². The van der Waals surface area contributed by atoms with Crippen LogP contribution in [0.2, 0.25) is 0 Å². The summed E-state index contributed by atoms with van der Waals surface area (Å²) in [6.45, 7) is 17.3. The molecular formula is C17H29B. The fourth-order valence-electron chi connectivity index (χ4n) is 2.05. The highest BCUT2D eigenvalue weighted by Crippen LogP contribution is 2.36. The van der Waals surface area contributed by atoms with Crippen LogP contribution in [0.15, 0.2) is 47.0 Å². The molecule has 0 nitrogen and oxygen atoms in total. The summed E-state index contributed by atoms with van der Waals surface area (Å²) in [4.78, 5) is 0. The predicted octanol–water partition coefficient (Wildman–Crippen LogP) is 4.80. The molecule has 1 atom stereocenters. The summed E-state index contributed by atoms with van der Waals surface area (Å²) < 4.78 is 0. The van der Waals surface area contributed by atoms with Gasteiger partial charge in [0.15, 0.2) is 0 Å². The summed E-state index contributed by atoms with van der Waals surface area (Å²) in [6.07, 6.45) is 8.57. The number of hydrogen-bond acceptors (Lipinski definition) is 0. The minimum absolute atomic E-state index is 0.0614. The van der Waals surface area contributed by atoms with Gasteiger partial charge in [-0.05, 0) is 46.1 Å². The Morgan fingerprint density at radius 2 is 1.78 bits per heavy atom. The van der Waals surface area contributed by atoms with Gasteiger partial charge in [0, 0.05) is 5.41 Å². The molecule has 1 unspecified atom stereocenters. The van der Waals surface area contributed by atoms with Crippen molar-refractivity contribution < 1.29 is 0 Å². The van der Waals surface area contributed by atoms with E-state index >= 15 is 0 Å². The molecule has 0 radical (unpaired) electrons.